The van der Waals surface area contributed by atoms with Crippen LogP contribution < -0.4 is 5.32 Å². The van der Waals surface area contributed by atoms with Crippen LogP contribution in [0, 0.1) is 11.3 Å². The fraction of sp³-hybridized carbons (Fsp3) is 1.00. The summed E-state index contributed by atoms with van der Waals surface area (Å²) in [6.07, 6.45) is 4.37. The van der Waals surface area contributed by atoms with Gasteiger partial charge in [-0.2, -0.15) is 0 Å². The Morgan fingerprint density at radius 3 is 2.67 bits per heavy atom. The highest BCUT2D eigenvalue weighted by Gasteiger charge is 2.45. The van der Waals surface area contributed by atoms with Gasteiger partial charge >= 0.3 is 0 Å². The van der Waals surface area contributed by atoms with Crippen LogP contribution >= 0.6 is 0 Å². The molecule has 70 valence electrons. The average Bonchev–Trinajstić information content (AvgIpc) is 2.33. The molecule has 0 atom stereocenters. The summed E-state index contributed by atoms with van der Waals surface area (Å²) < 4.78 is 0. The zero-order valence-corrected chi connectivity index (χ0v) is 8.27. The standard InChI is InChI=1S/C10H20N2/c1-12(2)7-9-5-10(6-9)3-4-11-8-10/h9,11H,3-8H2,1-2H3. The minimum atomic E-state index is 0.737. The molecule has 1 aliphatic heterocycles. The molecule has 1 spiro atoms. The molecule has 0 unspecified atom stereocenters. The van der Waals surface area contributed by atoms with Gasteiger partial charge in [0, 0.05) is 13.1 Å². The first-order valence-electron chi connectivity index (χ1n) is 5.06. The average molecular weight is 168 g/mol. The molecule has 1 saturated carbocycles. The molecule has 2 nitrogen and oxygen atoms in total. The van der Waals surface area contributed by atoms with E-state index in [1.54, 1.807) is 0 Å². The summed E-state index contributed by atoms with van der Waals surface area (Å²) in [5.41, 5.74) is 0.737. The van der Waals surface area contributed by atoms with Crippen LogP contribution in [0.2, 0.25) is 0 Å². The molecule has 1 N–H and O–H groups in total. The van der Waals surface area contributed by atoms with E-state index < -0.39 is 0 Å². The van der Waals surface area contributed by atoms with Crippen LogP contribution in [0.25, 0.3) is 0 Å². The van der Waals surface area contributed by atoms with Crippen LogP contribution in [-0.2, 0) is 0 Å². The minimum absolute atomic E-state index is 0.737. The van der Waals surface area contributed by atoms with E-state index in [4.69, 9.17) is 0 Å². The van der Waals surface area contributed by atoms with Gasteiger partial charge in [0.25, 0.3) is 0 Å². The summed E-state index contributed by atoms with van der Waals surface area (Å²) in [5.74, 6) is 0.986. The van der Waals surface area contributed by atoms with Gasteiger partial charge < -0.3 is 10.2 Å². The summed E-state index contributed by atoms with van der Waals surface area (Å²) in [6.45, 7) is 3.84. The molecule has 12 heavy (non-hydrogen) atoms. The van der Waals surface area contributed by atoms with Crippen LogP contribution in [0.1, 0.15) is 19.3 Å². The summed E-state index contributed by atoms with van der Waals surface area (Å²) in [4.78, 5) is 2.32. The van der Waals surface area contributed by atoms with Crippen molar-refractivity contribution in [3.8, 4) is 0 Å². The van der Waals surface area contributed by atoms with E-state index >= 15 is 0 Å². The van der Waals surface area contributed by atoms with Gasteiger partial charge in [0.1, 0.15) is 0 Å². The zero-order valence-electron chi connectivity index (χ0n) is 8.27. The normalized spacial score (nSPS) is 40.8. The Morgan fingerprint density at radius 2 is 2.17 bits per heavy atom. The Kier molecular flexibility index (Phi) is 2.13. The van der Waals surface area contributed by atoms with Gasteiger partial charge in [-0.1, -0.05) is 0 Å². The van der Waals surface area contributed by atoms with Gasteiger partial charge in [0.15, 0.2) is 0 Å². The fourth-order valence-corrected chi connectivity index (χ4v) is 2.95. The monoisotopic (exact) mass is 168 g/mol. The highest BCUT2D eigenvalue weighted by molar-refractivity contribution is 4.99. The molecule has 0 aromatic rings. The van der Waals surface area contributed by atoms with E-state index in [1.807, 2.05) is 0 Å². The Balaban J connectivity index is 1.75. The maximum atomic E-state index is 3.48. The maximum Gasteiger partial charge on any atom is 0.000851 e. The quantitative estimate of drug-likeness (QED) is 0.660. The van der Waals surface area contributed by atoms with Crippen LogP contribution in [-0.4, -0.2) is 38.6 Å². The third-order valence-electron chi connectivity index (χ3n) is 3.40. The smallest absolute Gasteiger partial charge is 0.000851 e. The van der Waals surface area contributed by atoms with Gasteiger partial charge in [0.05, 0.1) is 0 Å². The molecule has 2 aliphatic rings. The Labute approximate surface area is 75.3 Å². The fourth-order valence-electron chi connectivity index (χ4n) is 2.95. The van der Waals surface area contributed by atoms with Gasteiger partial charge in [-0.15, -0.1) is 0 Å². The molecule has 1 heterocycles. The third-order valence-corrected chi connectivity index (χ3v) is 3.40. The lowest BCUT2D eigenvalue weighted by Crippen LogP contribution is -2.43. The largest absolute Gasteiger partial charge is 0.316 e. The van der Waals surface area contributed by atoms with E-state index in [-0.39, 0.29) is 0 Å². The Bertz CT molecular complexity index is 151. The molecule has 1 saturated heterocycles. The van der Waals surface area contributed by atoms with Crippen molar-refractivity contribution < 1.29 is 0 Å². The number of nitrogens with one attached hydrogen (secondary N) is 1. The SMILES string of the molecule is CN(C)CC1CC2(CCNC2)C1. The lowest BCUT2D eigenvalue weighted by Gasteiger charge is -2.46. The highest BCUT2D eigenvalue weighted by atomic mass is 15.1. The number of nitrogens with zero attached hydrogens (tertiary/aromatic N) is 1. The van der Waals surface area contributed by atoms with E-state index in [2.05, 4.69) is 24.3 Å². The lowest BCUT2D eigenvalue weighted by molar-refractivity contribution is 0.0575. The molecular formula is C10H20N2. The second-order valence-electron chi connectivity index (χ2n) is 4.96. The molecule has 2 fully saturated rings. The molecule has 0 aromatic heterocycles. The topological polar surface area (TPSA) is 15.3 Å². The summed E-state index contributed by atoms with van der Waals surface area (Å²) in [5, 5.41) is 3.48. The third kappa shape index (κ3) is 1.50. The summed E-state index contributed by atoms with van der Waals surface area (Å²) >= 11 is 0. The van der Waals surface area contributed by atoms with Crippen molar-refractivity contribution in [2.75, 3.05) is 33.7 Å². The molecule has 0 aromatic carbocycles. The maximum absolute atomic E-state index is 3.48. The first kappa shape index (κ1) is 8.52. The number of hydrogen-bond donors (Lipinski definition) is 1. The summed E-state index contributed by atoms with van der Waals surface area (Å²) in [6, 6.07) is 0. The molecule has 0 radical (unpaired) electrons. The van der Waals surface area contributed by atoms with Crippen LogP contribution in [0.4, 0.5) is 0 Å². The van der Waals surface area contributed by atoms with Crippen LogP contribution in [0.3, 0.4) is 0 Å². The first-order valence-corrected chi connectivity index (χ1v) is 5.06. The molecule has 0 amide bonds. The predicted molar refractivity (Wildman–Crippen MR) is 51.2 cm³/mol. The van der Waals surface area contributed by atoms with Crippen molar-refractivity contribution in [3.63, 3.8) is 0 Å². The summed E-state index contributed by atoms with van der Waals surface area (Å²) in [7, 11) is 4.36. The van der Waals surface area contributed by atoms with Gasteiger partial charge in [0.2, 0.25) is 0 Å². The van der Waals surface area contributed by atoms with Crippen molar-refractivity contribution in [2.45, 2.75) is 19.3 Å². The van der Waals surface area contributed by atoms with Crippen molar-refractivity contribution in [3.05, 3.63) is 0 Å². The van der Waals surface area contributed by atoms with Crippen molar-refractivity contribution >= 4 is 0 Å². The molecular weight excluding hydrogens is 148 g/mol. The molecule has 2 rings (SSSR count). The zero-order chi connectivity index (χ0) is 8.60. The Hall–Kier alpha value is -0.0800. The van der Waals surface area contributed by atoms with Gasteiger partial charge in [-0.3, -0.25) is 0 Å². The Morgan fingerprint density at radius 1 is 1.42 bits per heavy atom. The van der Waals surface area contributed by atoms with Crippen LogP contribution in [0.15, 0.2) is 0 Å². The predicted octanol–water partition coefficient (Wildman–Crippen LogP) is 0.938. The number of rotatable bonds is 2. The lowest BCUT2D eigenvalue weighted by atomic mass is 9.61. The van der Waals surface area contributed by atoms with E-state index in [1.165, 1.54) is 38.9 Å². The highest BCUT2D eigenvalue weighted by Crippen LogP contribution is 2.49. The van der Waals surface area contributed by atoms with Crippen molar-refractivity contribution in [1.82, 2.24) is 10.2 Å². The second-order valence-corrected chi connectivity index (χ2v) is 4.96. The molecule has 0 bridgehead atoms. The van der Waals surface area contributed by atoms with E-state index in [0.29, 0.717) is 0 Å². The van der Waals surface area contributed by atoms with Crippen molar-refractivity contribution in [1.29, 1.82) is 0 Å². The number of hydrogen-bond acceptors (Lipinski definition) is 2. The van der Waals surface area contributed by atoms with Crippen molar-refractivity contribution in [2.24, 2.45) is 11.3 Å². The molecule has 1 aliphatic carbocycles. The van der Waals surface area contributed by atoms with Gasteiger partial charge in [-0.25, -0.2) is 0 Å². The van der Waals surface area contributed by atoms with E-state index in [0.717, 1.165) is 11.3 Å². The second kappa shape index (κ2) is 3.00. The minimum Gasteiger partial charge on any atom is -0.316 e. The van der Waals surface area contributed by atoms with Crippen LogP contribution in [0.5, 0.6) is 0 Å². The first-order chi connectivity index (χ1) is 5.70. The molecule has 2 heteroatoms. The van der Waals surface area contributed by atoms with E-state index in [9.17, 15) is 0 Å². The van der Waals surface area contributed by atoms with Gasteiger partial charge in [-0.05, 0) is 51.2 Å².